The molecule has 1 rings (SSSR count). The number of carbonyl (C=O) groups is 1. The van der Waals surface area contributed by atoms with Crippen LogP contribution in [0.3, 0.4) is 0 Å². The van der Waals surface area contributed by atoms with Gasteiger partial charge in [-0.25, -0.2) is 0 Å². The maximum Gasteiger partial charge on any atom is 0.220 e. The first-order valence-corrected chi connectivity index (χ1v) is 6.78. The zero-order valence-corrected chi connectivity index (χ0v) is 11.3. The third-order valence-electron chi connectivity index (χ3n) is 3.54. The molecule has 1 heterocycles. The molecule has 1 aliphatic rings. The molecule has 100 valence electrons. The number of hydrogen-bond donors (Lipinski definition) is 2. The average molecular weight is 241 g/mol. The lowest BCUT2D eigenvalue weighted by Crippen LogP contribution is -2.53. The summed E-state index contributed by atoms with van der Waals surface area (Å²) >= 11 is 0. The normalized spacial score (nSPS) is 18.1. The van der Waals surface area contributed by atoms with Crippen LogP contribution in [0.15, 0.2) is 0 Å². The van der Waals surface area contributed by atoms with Crippen molar-refractivity contribution in [1.29, 1.82) is 0 Å². The van der Waals surface area contributed by atoms with E-state index in [4.69, 9.17) is 5.73 Å². The molecular weight excluding hydrogens is 214 g/mol. The lowest BCUT2D eigenvalue weighted by Gasteiger charge is -2.41. The van der Waals surface area contributed by atoms with Crippen molar-refractivity contribution in [2.24, 2.45) is 5.73 Å². The maximum absolute atomic E-state index is 11.5. The van der Waals surface area contributed by atoms with Gasteiger partial charge in [0, 0.05) is 18.5 Å². The largest absolute Gasteiger partial charge is 0.354 e. The van der Waals surface area contributed by atoms with Crippen LogP contribution in [0, 0.1) is 0 Å². The van der Waals surface area contributed by atoms with Crippen molar-refractivity contribution in [3.63, 3.8) is 0 Å². The first-order valence-electron chi connectivity index (χ1n) is 6.78. The first kappa shape index (κ1) is 14.5. The molecule has 17 heavy (non-hydrogen) atoms. The Morgan fingerprint density at radius 2 is 1.94 bits per heavy atom. The molecule has 1 amide bonds. The maximum atomic E-state index is 11.5. The smallest absolute Gasteiger partial charge is 0.220 e. The van der Waals surface area contributed by atoms with Gasteiger partial charge in [0.25, 0.3) is 0 Å². The zero-order valence-electron chi connectivity index (χ0n) is 11.3. The highest BCUT2D eigenvalue weighted by Crippen LogP contribution is 2.19. The molecule has 4 nitrogen and oxygen atoms in total. The van der Waals surface area contributed by atoms with Gasteiger partial charge in [0.2, 0.25) is 5.91 Å². The predicted molar refractivity (Wildman–Crippen MR) is 70.8 cm³/mol. The van der Waals surface area contributed by atoms with Crippen molar-refractivity contribution < 1.29 is 4.79 Å². The fourth-order valence-corrected chi connectivity index (χ4v) is 2.28. The summed E-state index contributed by atoms with van der Waals surface area (Å²) in [5.41, 5.74) is 5.46. The Kier molecular flexibility index (Phi) is 5.92. The minimum Gasteiger partial charge on any atom is -0.354 e. The van der Waals surface area contributed by atoms with E-state index < -0.39 is 0 Å². The minimum absolute atomic E-state index is 0.0682. The van der Waals surface area contributed by atoms with E-state index >= 15 is 0 Å². The van der Waals surface area contributed by atoms with Crippen molar-refractivity contribution in [3.05, 3.63) is 0 Å². The van der Waals surface area contributed by atoms with Crippen LogP contribution in [0.25, 0.3) is 0 Å². The molecule has 0 bridgehead atoms. The van der Waals surface area contributed by atoms with E-state index in [1.807, 2.05) is 0 Å². The molecule has 0 saturated carbocycles. The monoisotopic (exact) mass is 241 g/mol. The van der Waals surface area contributed by atoms with Crippen molar-refractivity contribution in [2.45, 2.75) is 51.5 Å². The van der Waals surface area contributed by atoms with Crippen LogP contribution in [-0.2, 0) is 4.79 Å². The van der Waals surface area contributed by atoms with E-state index in [9.17, 15) is 4.79 Å². The van der Waals surface area contributed by atoms with Gasteiger partial charge in [-0.2, -0.15) is 0 Å². The summed E-state index contributed by atoms with van der Waals surface area (Å²) < 4.78 is 0. The Morgan fingerprint density at radius 3 is 2.53 bits per heavy atom. The average Bonchev–Trinajstić information content (AvgIpc) is 2.35. The van der Waals surface area contributed by atoms with Crippen molar-refractivity contribution >= 4 is 5.91 Å². The molecule has 0 spiro atoms. The zero-order chi connectivity index (χ0) is 12.7. The molecule has 1 aliphatic heterocycles. The summed E-state index contributed by atoms with van der Waals surface area (Å²) in [5.74, 6) is 0.125. The van der Waals surface area contributed by atoms with Gasteiger partial charge in [0.15, 0.2) is 0 Å². The second-order valence-electron chi connectivity index (χ2n) is 5.53. The Balaban J connectivity index is 2.29. The minimum atomic E-state index is 0.0682. The molecule has 0 aromatic heterocycles. The third-order valence-corrected chi connectivity index (χ3v) is 3.54. The van der Waals surface area contributed by atoms with Crippen LogP contribution >= 0.6 is 0 Å². The Morgan fingerprint density at radius 1 is 1.29 bits per heavy atom. The van der Waals surface area contributed by atoms with Gasteiger partial charge in [0.05, 0.1) is 0 Å². The fraction of sp³-hybridized carbons (Fsp3) is 0.923. The molecule has 3 N–H and O–H groups in total. The van der Waals surface area contributed by atoms with Crippen LogP contribution in [0.5, 0.6) is 0 Å². The number of likely N-dealkylation sites (tertiary alicyclic amines) is 1. The Bertz CT molecular complexity index is 235. The number of piperidine rings is 1. The van der Waals surface area contributed by atoms with Crippen LogP contribution < -0.4 is 11.1 Å². The summed E-state index contributed by atoms with van der Waals surface area (Å²) in [6.07, 6.45) is 5.23. The van der Waals surface area contributed by atoms with E-state index in [-0.39, 0.29) is 11.4 Å². The number of amides is 1. The summed E-state index contributed by atoms with van der Waals surface area (Å²) in [7, 11) is 0. The molecule has 0 aromatic carbocycles. The molecular formula is C13H27N3O. The number of rotatable bonds is 6. The third kappa shape index (κ3) is 5.04. The van der Waals surface area contributed by atoms with Crippen LogP contribution in [-0.4, -0.2) is 42.5 Å². The van der Waals surface area contributed by atoms with Crippen molar-refractivity contribution in [3.8, 4) is 0 Å². The van der Waals surface area contributed by atoms with E-state index in [1.54, 1.807) is 0 Å². The number of nitrogens with two attached hydrogens (primary N) is 1. The quantitative estimate of drug-likeness (QED) is 0.732. The van der Waals surface area contributed by atoms with Gasteiger partial charge in [-0.3, -0.25) is 9.69 Å². The second kappa shape index (κ2) is 6.97. The van der Waals surface area contributed by atoms with Gasteiger partial charge >= 0.3 is 0 Å². The van der Waals surface area contributed by atoms with E-state index in [0.717, 1.165) is 26.1 Å². The molecule has 0 radical (unpaired) electrons. The van der Waals surface area contributed by atoms with E-state index in [2.05, 4.69) is 24.1 Å². The highest BCUT2D eigenvalue weighted by molar-refractivity contribution is 5.75. The standard InChI is InChI=1S/C13H27N3O/c1-13(2,16-9-4-3-5-10-16)11-15-12(17)7-6-8-14/h3-11,14H2,1-2H3,(H,15,17). The topological polar surface area (TPSA) is 58.4 Å². The van der Waals surface area contributed by atoms with E-state index in [1.165, 1.54) is 19.3 Å². The summed E-state index contributed by atoms with van der Waals surface area (Å²) in [4.78, 5) is 14.0. The van der Waals surface area contributed by atoms with Gasteiger partial charge in [0.1, 0.15) is 0 Å². The van der Waals surface area contributed by atoms with Gasteiger partial charge < -0.3 is 11.1 Å². The van der Waals surface area contributed by atoms with Crippen LogP contribution in [0.4, 0.5) is 0 Å². The fourth-order valence-electron chi connectivity index (χ4n) is 2.28. The first-order chi connectivity index (χ1) is 8.06. The number of hydrogen-bond acceptors (Lipinski definition) is 3. The SMILES string of the molecule is CC(C)(CNC(=O)CCCN)N1CCCCC1. The summed E-state index contributed by atoms with van der Waals surface area (Å²) in [6, 6.07) is 0. The Hall–Kier alpha value is -0.610. The lowest BCUT2D eigenvalue weighted by molar-refractivity contribution is -0.121. The van der Waals surface area contributed by atoms with Crippen LogP contribution in [0.1, 0.15) is 46.0 Å². The molecule has 4 heteroatoms. The second-order valence-corrected chi connectivity index (χ2v) is 5.53. The number of nitrogens with zero attached hydrogens (tertiary/aromatic N) is 1. The molecule has 0 unspecified atom stereocenters. The Labute approximate surface area is 105 Å². The van der Waals surface area contributed by atoms with Crippen molar-refractivity contribution in [2.75, 3.05) is 26.2 Å². The summed E-state index contributed by atoms with van der Waals surface area (Å²) in [6.45, 7) is 8.06. The number of carbonyl (C=O) groups excluding carboxylic acids is 1. The van der Waals surface area contributed by atoms with Gasteiger partial charge in [-0.1, -0.05) is 6.42 Å². The van der Waals surface area contributed by atoms with Gasteiger partial charge in [-0.15, -0.1) is 0 Å². The predicted octanol–water partition coefficient (Wildman–Crippen LogP) is 1.11. The van der Waals surface area contributed by atoms with Crippen molar-refractivity contribution in [1.82, 2.24) is 10.2 Å². The van der Waals surface area contributed by atoms with Gasteiger partial charge in [-0.05, 0) is 52.7 Å². The molecule has 0 atom stereocenters. The summed E-state index contributed by atoms with van der Waals surface area (Å²) in [5, 5.41) is 3.02. The van der Waals surface area contributed by atoms with Crippen LogP contribution in [0.2, 0.25) is 0 Å². The lowest BCUT2D eigenvalue weighted by atomic mass is 9.98. The molecule has 0 aromatic rings. The molecule has 0 aliphatic carbocycles. The van der Waals surface area contributed by atoms with E-state index in [0.29, 0.717) is 13.0 Å². The highest BCUT2D eigenvalue weighted by Gasteiger charge is 2.27. The molecule has 1 saturated heterocycles. The number of nitrogens with one attached hydrogen (secondary N) is 1. The molecule has 1 fully saturated rings. The highest BCUT2D eigenvalue weighted by atomic mass is 16.1.